The molecule has 0 aliphatic carbocycles. The molecule has 2 saturated heterocycles. The van der Waals surface area contributed by atoms with Crippen molar-refractivity contribution in [3.63, 3.8) is 0 Å². The second kappa shape index (κ2) is 17.4. The minimum Gasteiger partial charge on any atom is -0.544 e. The van der Waals surface area contributed by atoms with E-state index in [9.17, 15) is 9.90 Å². The van der Waals surface area contributed by atoms with Gasteiger partial charge in [0.1, 0.15) is 11.5 Å². The Balaban J connectivity index is 1.71. The van der Waals surface area contributed by atoms with Gasteiger partial charge in [-0.1, -0.05) is 39.8 Å². The number of hydrogen-bond donors (Lipinski definition) is 1. The second-order valence-corrected chi connectivity index (χ2v) is 35.6. The predicted molar refractivity (Wildman–Crippen MR) is 209 cm³/mol. The minimum absolute atomic E-state index is 0.000908. The first kappa shape index (κ1) is 42.7. The number of carbonyl (C=O) groups excluding carboxylic acids is 1. The molecule has 0 amide bonds. The van der Waals surface area contributed by atoms with E-state index in [1.54, 1.807) is 0 Å². The molecule has 9 atom stereocenters. The lowest BCUT2D eigenvalue weighted by molar-refractivity contribution is -0.159. The molecule has 0 radical (unpaired) electrons. The summed E-state index contributed by atoms with van der Waals surface area (Å²) in [5.41, 5.74) is 0.727. The summed E-state index contributed by atoms with van der Waals surface area (Å²) in [6.45, 7) is 31.3. The number of aliphatic hydroxyl groups is 1. The molecule has 8 nitrogen and oxygen atoms in total. The van der Waals surface area contributed by atoms with Gasteiger partial charge in [-0.3, -0.25) is 4.79 Å². The van der Waals surface area contributed by atoms with Gasteiger partial charge in [-0.25, -0.2) is 0 Å². The van der Waals surface area contributed by atoms with Gasteiger partial charge >= 0.3 is 0 Å². The molecule has 282 valence electrons. The van der Waals surface area contributed by atoms with Crippen LogP contribution in [-0.4, -0.2) is 87.4 Å². The largest absolute Gasteiger partial charge is 0.544 e. The van der Waals surface area contributed by atoms with Gasteiger partial charge in [0.25, 0.3) is 0 Å². The Morgan fingerprint density at radius 2 is 1.39 bits per heavy atom. The third kappa shape index (κ3) is 13.3. The van der Waals surface area contributed by atoms with Crippen LogP contribution in [0.4, 0.5) is 0 Å². The number of Topliss-reactive ketones (excluding diaryl/α,β-unsaturated/α-hetero) is 1. The fourth-order valence-electron chi connectivity index (χ4n) is 7.07. The zero-order valence-electron chi connectivity index (χ0n) is 33.3. The van der Waals surface area contributed by atoms with E-state index in [1.807, 2.05) is 24.3 Å². The van der Waals surface area contributed by atoms with E-state index >= 15 is 0 Å². The van der Waals surface area contributed by atoms with Crippen LogP contribution in [0.1, 0.15) is 65.5 Å². The van der Waals surface area contributed by atoms with Crippen molar-refractivity contribution in [2.45, 2.75) is 174 Å². The smallest absolute Gasteiger partial charge is 0.250 e. The summed E-state index contributed by atoms with van der Waals surface area (Å²) in [4.78, 5) is 13.6. The number of rotatable bonds is 20. The van der Waals surface area contributed by atoms with E-state index in [1.165, 1.54) is 0 Å². The molecule has 2 aliphatic heterocycles. The Morgan fingerprint density at radius 1 is 0.837 bits per heavy atom. The molecule has 1 N–H and O–H groups in total. The maximum absolute atomic E-state index is 13.6. The fraction of sp³-hybridized carbons (Fsp3) is 0.811. The highest BCUT2D eigenvalue weighted by molar-refractivity contribution is 6.74. The lowest BCUT2D eigenvalue weighted by Crippen LogP contribution is -2.58. The number of benzene rings is 1. The summed E-state index contributed by atoms with van der Waals surface area (Å²) in [5.74, 6) is 0.974. The molecule has 0 spiro atoms. The SMILES string of the molecule is CC[Si](CC)(CC)Oc1ccc(C(O)CC(=O)C[C@H]2CO[C@@H](C[C@@H]3O[C@H]3[C@H](C)[C@H](C)O[Si](C)(C)C)[C@@H](O[Si](C)(C)C)[C@@H]2O[Si](C)(C)C)cc1. The van der Waals surface area contributed by atoms with Crippen LogP contribution in [-0.2, 0) is 27.5 Å². The average Bonchev–Trinajstić information content (AvgIpc) is 3.75. The maximum atomic E-state index is 13.6. The van der Waals surface area contributed by atoms with E-state index in [4.69, 9.17) is 27.2 Å². The van der Waals surface area contributed by atoms with Crippen molar-refractivity contribution in [3.8, 4) is 5.75 Å². The molecule has 0 bridgehead atoms. The van der Waals surface area contributed by atoms with Gasteiger partial charge in [0.15, 0.2) is 25.0 Å². The van der Waals surface area contributed by atoms with Crippen LogP contribution in [0.5, 0.6) is 5.75 Å². The van der Waals surface area contributed by atoms with Gasteiger partial charge in [0.05, 0.1) is 43.2 Å². The van der Waals surface area contributed by atoms with E-state index in [0.29, 0.717) is 6.61 Å². The molecule has 1 unspecified atom stereocenters. The van der Waals surface area contributed by atoms with Crippen molar-refractivity contribution in [2.24, 2.45) is 11.8 Å². The normalized spacial score (nSPS) is 27.0. The Hall–Kier alpha value is -0.682. The number of ether oxygens (including phenoxy) is 2. The fourth-order valence-corrected chi connectivity index (χ4v) is 13.2. The highest BCUT2D eigenvalue weighted by atomic mass is 28.4. The van der Waals surface area contributed by atoms with Crippen molar-refractivity contribution in [1.82, 2.24) is 0 Å². The quantitative estimate of drug-likeness (QED) is 0.104. The van der Waals surface area contributed by atoms with Crippen molar-refractivity contribution in [2.75, 3.05) is 6.61 Å². The molecule has 0 aromatic heterocycles. The highest BCUT2D eigenvalue weighted by Crippen LogP contribution is 2.41. The summed E-state index contributed by atoms with van der Waals surface area (Å²) < 4.78 is 39.5. The van der Waals surface area contributed by atoms with Crippen LogP contribution >= 0.6 is 0 Å². The molecule has 2 heterocycles. The Morgan fingerprint density at radius 3 is 1.90 bits per heavy atom. The van der Waals surface area contributed by atoms with E-state index in [0.717, 1.165) is 35.9 Å². The molecule has 1 aromatic carbocycles. The third-order valence-electron chi connectivity index (χ3n) is 9.99. The van der Waals surface area contributed by atoms with Gasteiger partial charge in [-0.15, -0.1) is 0 Å². The van der Waals surface area contributed by atoms with Gasteiger partial charge in [0, 0.05) is 37.2 Å². The minimum atomic E-state index is -2.03. The van der Waals surface area contributed by atoms with Gasteiger partial charge in [-0.05, 0) is 102 Å². The maximum Gasteiger partial charge on any atom is 0.250 e. The molecule has 12 heteroatoms. The van der Waals surface area contributed by atoms with Gasteiger partial charge in [-0.2, -0.15) is 0 Å². The van der Waals surface area contributed by atoms with Crippen LogP contribution in [0.2, 0.25) is 77.1 Å². The zero-order chi connectivity index (χ0) is 36.9. The average molecular weight is 755 g/mol. The van der Waals surface area contributed by atoms with Crippen molar-refractivity contribution >= 4 is 39.1 Å². The number of ketones is 1. The second-order valence-electron chi connectivity index (χ2n) is 17.6. The van der Waals surface area contributed by atoms with Crippen molar-refractivity contribution in [3.05, 3.63) is 29.8 Å². The molecule has 2 aliphatic rings. The number of aliphatic hydroxyl groups excluding tert-OH is 1. The third-order valence-corrected chi connectivity index (χ3v) is 17.6. The van der Waals surface area contributed by atoms with E-state index < -0.39 is 39.4 Å². The lowest BCUT2D eigenvalue weighted by atomic mass is 9.85. The summed E-state index contributed by atoms with van der Waals surface area (Å²) in [6, 6.07) is 10.9. The molecular formula is C37H70O8Si4. The Bertz CT molecular complexity index is 1170. The molecule has 2 fully saturated rings. The van der Waals surface area contributed by atoms with E-state index in [2.05, 4.69) is 93.5 Å². The van der Waals surface area contributed by atoms with Gasteiger partial charge < -0.3 is 32.3 Å². The standard InChI is InChI=1S/C37H70O8Si4/c1-15-49(16-2,17-3)43-31-20-18-28(19-21-31)32(39)23-30(38)22-29-25-40-33(37(45-48(12,13)14)36(29)44-47(9,10)11)24-34-35(41-34)26(4)27(5)42-46(6,7)8/h18-21,26-27,29,32-37,39H,15-17,22-25H2,1-14H3/t26-,27+,29+,32?,33+,34+,35+,36-,37-/m1/s1. The number of carbonyl (C=O) groups is 1. The van der Waals surface area contributed by atoms with E-state index in [-0.39, 0.29) is 67.1 Å². The highest BCUT2D eigenvalue weighted by Gasteiger charge is 2.52. The zero-order valence-corrected chi connectivity index (χ0v) is 37.3. The van der Waals surface area contributed by atoms with Crippen molar-refractivity contribution < 1.29 is 37.1 Å². The Labute approximate surface area is 302 Å². The first-order chi connectivity index (χ1) is 22.6. The number of epoxide rings is 1. The molecule has 0 saturated carbocycles. The molecule has 3 rings (SSSR count). The van der Waals surface area contributed by atoms with Gasteiger partial charge in [0.2, 0.25) is 8.32 Å². The summed E-state index contributed by atoms with van der Waals surface area (Å²) in [7, 11) is -7.49. The summed E-state index contributed by atoms with van der Waals surface area (Å²) >= 11 is 0. The summed E-state index contributed by atoms with van der Waals surface area (Å²) in [5, 5.41) is 11.1. The van der Waals surface area contributed by atoms with Crippen molar-refractivity contribution in [1.29, 1.82) is 0 Å². The van der Waals surface area contributed by atoms with Crippen LogP contribution < -0.4 is 4.43 Å². The first-order valence-electron chi connectivity index (χ1n) is 18.9. The van der Waals surface area contributed by atoms with Crippen LogP contribution in [0.3, 0.4) is 0 Å². The summed E-state index contributed by atoms with van der Waals surface area (Å²) in [6.07, 6.45) is -0.221. The predicted octanol–water partition coefficient (Wildman–Crippen LogP) is 8.94. The molecule has 49 heavy (non-hydrogen) atoms. The Kier molecular flexibility index (Phi) is 15.2. The lowest BCUT2D eigenvalue weighted by Gasteiger charge is -2.47. The van der Waals surface area contributed by atoms with Crippen LogP contribution in [0, 0.1) is 11.8 Å². The first-order valence-corrected chi connectivity index (χ1v) is 31.6. The number of hydrogen-bond acceptors (Lipinski definition) is 8. The van der Waals surface area contributed by atoms with Crippen LogP contribution in [0.15, 0.2) is 24.3 Å². The topological polar surface area (TPSA) is 96.0 Å². The monoisotopic (exact) mass is 754 g/mol. The molecular weight excluding hydrogens is 685 g/mol. The molecule has 1 aromatic rings. The van der Waals surface area contributed by atoms with Crippen LogP contribution in [0.25, 0.3) is 0 Å².